The van der Waals surface area contributed by atoms with E-state index >= 15 is 0 Å². The summed E-state index contributed by atoms with van der Waals surface area (Å²) in [6.45, 7) is 0. The molecule has 2 aromatic carbocycles. The highest BCUT2D eigenvalue weighted by atomic mass is 19.1. The lowest BCUT2D eigenvalue weighted by Gasteiger charge is -2.11. The van der Waals surface area contributed by atoms with Crippen LogP contribution in [0, 0.1) is 11.6 Å². The van der Waals surface area contributed by atoms with Crippen molar-refractivity contribution in [3.8, 4) is 28.4 Å². The van der Waals surface area contributed by atoms with Crippen LogP contribution >= 0.6 is 0 Å². The van der Waals surface area contributed by atoms with Gasteiger partial charge < -0.3 is 14.6 Å². The van der Waals surface area contributed by atoms with Gasteiger partial charge >= 0.3 is 0 Å². The first-order valence-corrected chi connectivity index (χ1v) is 5.46. The fourth-order valence-corrected chi connectivity index (χ4v) is 1.78. The van der Waals surface area contributed by atoms with Gasteiger partial charge in [0.15, 0.2) is 11.5 Å². The summed E-state index contributed by atoms with van der Waals surface area (Å²) in [5.41, 5.74) is 0.805. The highest BCUT2D eigenvalue weighted by Gasteiger charge is 2.13. The van der Waals surface area contributed by atoms with Gasteiger partial charge in [0.05, 0.1) is 14.2 Å². The molecule has 100 valence electrons. The third-order valence-electron chi connectivity index (χ3n) is 2.68. The van der Waals surface area contributed by atoms with Gasteiger partial charge in [0.1, 0.15) is 11.6 Å². The number of halogens is 2. The SMILES string of the molecule is COc1cc(-c2cc(F)cc(F)c2)cc(OC)c1O. The van der Waals surface area contributed by atoms with Crippen LogP contribution in [0.4, 0.5) is 8.78 Å². The monoisotopic (exact) mass is 266 g/mol. The molecule has 3 nitrogen and oxygen atoms in total. The lowest BCUT2D eigenvalue weighted by molar-refractivity contribution is 0.340. The van der Waals surface area contributed by atoms with E-state index in [0.717, 1.165) is 6.07 Å². The zero-order chi connectivity index (χ0) is 14.0. The van der Waals surface area contributed by atoms with Gasteiger partial charge in [-0.1, -0.05) is 0 Å². The van der Waals surface area contributed by atoms with Crippen molar-refractivity contribution in [3.05, 3.63) is 42.0 Å². The summed E-state index contributed by atoms with van der Waals surface area (Å²) in [4.78, 5) is 0. The van der Waals surface area contributed by atoms with Gasteiger partial charge in [-0.25, -0.2) is 8.78 Å². The molecule has 5 heteroatoms. The van der Waals surface area contributed by atoms with Crippen LogP contribution in [0.2, 0.25) is 0 Å². The highest BCUT2D eigenvalue weighted by Crippen LogP contribution is 2.40. The Bertz CT molecular complexity index is 566. The predicted octanol–water partition coefficient (Wildman–Crippen LogP) is 3.35. The Morgan fingerprint density at radius 3 is 1.63 bits per heavy atom. The second-order valence-electron chi connectivity index (χ2n) is 3.89. The average Bonchev–Trinajstić information content (AvgIpc) is 2.37. The zero-order valence-electron chi connectivity index (χ0n) is 10.4. The number of aromatic hydroxyl groups is 1. The minimum Gasteiger partial charge on any atom is -0.502 e. The first-order chi connectivity index (χ1) is 9.05. The number of hydrogen-bond acceptors (Lipinski definition) is 3. The summed E-state index contributed by atoms with van der Waals surface area (Å²) in [6.07, 6.45) is 0. The highest BCUT2D eigenvalue weighted by molar-refractivity contribution is 5.70. The van der Waals surface area contributed by atoms with E-state index in [1.165, 1.54) is 38.5 Å². The van der Waals surface area contributed by atoms with Crippen molar-refractivity contribution >= 4 is 0 Å². The summed E-state index contributed by atoms with van der Waals surface area (Å²) in [6, 6.07) is 6.12. The van der Waals surface area contributed by atoms with Gasteiger partial charge in [-0.2, -0.15) is 0 Å². The van der Waals surface area contributed by atoms with Gasteiger partial charge in [0.2, 0.25) is 5.75 Å². The third-order valence-corrected chi connectivity index (χ3v) is 2.68. The van der Waals surface area contributed by atoms with E-state index < -0.39 is 11.6 Å². The summed E-state index contributed by atoms with van der Waals surface area (Å²) in [7, 11) is 2.76. The van der Waals surface area contributed by atoms with Crippen LogP contribution in [0.3, 0.4) is 0 Å². The molecule has 0 aliphatic carbocycles. The van der Waals surface area contributed by atoms with E-state index in [9.17, 15) is 13.9 Å². The molecule has 0 unspecified atom stereocenters. The number of ether oxygens (including phenoxy) is 2. The van der Waals surface area contributed by atoms with E-state index in [-0.39, 0.29) is 17.2 Å². The first-order valence-electron chi connectivity index (χ1n) is 5.46. The molecule has 0 bridgehead atoms. The van der Waals surface area contributed by atoms with Crippen LogP contribution in [0.1, 0.15) is 0 Å². The maximum atomic E-state index is 13.2. The second kappa shape index (κ2) is 5.14. The van der Waals surface area contributed by atoms with E-state index in [1.807, 2.05) is 0 Å². The van der Waals surface area contributed by atoms with Gasteiger partial charge in [-0.3, -0.25) is 0 Å². The van der Waals surface area contributed by atoms with Crippen molar-refractivity contribution in [3.63, 3.8) is 0 Å². The molecule has 19 heavy (non-hydrogen) atoms. The number of rotatable bonds is 3. The quantitative estimate of drug-likeness (QED) is 0.925. The predicted molar refractivity (Wildman–Crippen MR) is 66.6 cm³/mol. The molecular weight excluding hydrogens is 254 g/mol. The molecule has 2 aromatic rings. The van der Waals surface area contributed by atoms with Crippen molar-refractivity contribution in [2.45, 2.75) is 0 Å². The molecular formula is C14H12F2O3. The Balaban J connectivity index is 2.61. The zero-order valence-corrected chi connectivity index (χ0v) is 10.4. The molecule has 0 saturated heterocycles. The lowest BCUT2D eigenvalue weighted by atomic mass is 10.0. The Labute approximate surface area is 109 Å². The van der Waals surface area contributed by atoms with Gasteiger partial charge in [0, 0.05) is 6.07 Å². The molecule has 0 aromatic heterocycles. The summed E-state index contributed by atoms with van der Waals surface area (Å²) < 4.78 is 36.4. The number of benzene rings is 2. The maximum absolute atomic E-state index is 13.2. The van der Waals surface area contributed by atoms with Gasteiger partial charge in [-0.15, -0.1) is 0 Å². The Hall–Kier alpha value is -2.30. The Morgan fingerprint density at radius 2 is 1.21 bits per heavy atom. The fourth-order valence-electron chi connectivity index (χ4n) is 1.78. The standard InChI is InChI=1S/C14H12F2O3/c1-18-12-5-9(6-13(19-2)14(12)17)8-3-10(15)7-11(16)4-8/h3-7,17H,1-2H3. The van der Waals surface area contributed by atoms with Gasteiger partial charge in [-0.05, 0) is 35.4 Å². The minimum absolute atomic E-state index is 0.161. The van der Waals surface area contributed by atoms with Crippen LogP contribution in [-0.4, -0.2) is 19.3 Å². The molecule has 0 saturated carbocycles. The third kappa shape index (κ3) is 2.59. The lowest BCUT2D eigenvalue weighted by Crippen LogP contribution is -1.91. The molecule has 0 spiro atoms. The van der Waals surface area contributed by atoms with Crippen LogP contribution in [0.15, 0.2) is 30.3 Å². The molecule has 0 aliphatic heterocycles. The van der Waals surface area contributed by atoms with E-state index in [2.05, 4.69) is 0 Å². The van der Waals surface area contributed by atoms with E-state index in [1.54, 1.807) is 0 Å². The van der Waals surface area contributed by atoms with Crippen molar-refractivity contribution in [1.82, 2.24) is 0 Å². The Kier molecular flexibility index (Phi) is 3.55. The van der Waals surface area contributed by atoms with Gasteiger partial charge in [0.25, 0.3) is 0 Å². The average molecular weight is 266 g/mol. The number of hydrogen-bond donors (Lipinski definition) is 1. The number of phenolic OH excluding ortho intramolecular Hbond substituents is 1. The van der Waals surface area contributed by atoms with Crippen molar-refractivity contribution < 1.29 is 23.4 Å². The summed E-state index contributed by atoms with van der Waals surface area (Å²) >= 11 is 0. The van der Waals surface area contributed by atoms with Crippen molar-refractivity contribution in [2.24, 2.45) is 0 Å². The smallest absolute Gasteiger partial charge is 0.200 e. The van der Waals surface area contributed by atoms with Crippen LogP contribution in [0.25, 0.3) is 11.1 Å². The molecule has 0 radical (unpaired) electrons. The largest absolute Gasteiger partial charge is 0.502 e. The summed E-state index contributed by atoms with van der Waals surface area (Å²) in [5, 5.41) is 9.77. The van der Waals surface area contributed by atoms with E-state index in [0.29, 0.717) is 11.1 Å². The first kappa shape index (κ1) is 13.1. The molecule has 0 aliphatic rings. The number of phenols is 1. The topological polar surface area (TPSA) is 38.7 Å². The molecule has 2 rings (SSSR count). The summed E-state index contributed by atoms with van der Waals surface area (Å²) in [5.74, 6) is -1.19. The van der Waals surface area contributed by atoms with Crippen molar-refractivity contribution in [2.75, 3.05) is 14.2 Å². The molecule has 0 amide bonds. The molecule has 0 heterocycles. The second-order valence-corrected chi connectivity index (χ2v) is 3.89. The normalized spacial score (nSPS) is 10.3. The fraction of sp³-hybridized carbons (Fsp3) is 0.143. The molecule has 1 N–H and O–H groups in total. The Morgan fingerprint density at radius 1 is 0.789 bits per heavy atom. The maximum Gasteiger partial charge on any atom is 0.200 e. The van der Waals surface area contributed by atoms with Crippen LogP contribution < -0.4 is 9.47 Å². The number of methoxy groups -OCH3 is 2. The van der Waals surface area contributed by atoms with Crippen LogP contribution in [0.5, 0.6) is 17.2 Å². The van der Waals surface area contributed by atoms with Crippen LogP contribution in [-0.2, 0) is 0 Å². The minimum atomic E-state index is -0.680. The molecule has 0 fully saturated rings. The van der Waals surface area contributed by atoms with E-state index in [4.69, 9.17) is 9.47 Å². The van der Waals surface area contributed by atoms with Crippen molar-refractivity contribution in [1.29, 1.82) is 0 Å². The molecule has 0 atom stereocenters.